The molecular formula is C16H20N2O2S. The number of aryl methyl sites for hydroxylation is 1. The first kappa shape index (κ1) is 15.7. The molecule has 4 nitrogen and oxygen atoms in total. The maximum absolute atomic E-state index is 12.6. The summed E-state index contributed by atoms with van der Waals surface area (Å²) in [6.07, 6.45) is 0. The summed E-state index contributed by atoms with van der Waals surface area (Å²) in [6.45, 7) is 2.66. The fraction of sp³-hybridized carbons (Fsp3) is 0.250. The number of rotatable bonds is 5. The minimum atomic E-state index is -3.50. The largest absolute Gasteiger partial charge is 0.326 e. The number of hydrogen-bond donors (Lipinski definition) is 1. The van der Waals surface area contributed by atoms with Crippen LogP contribution in [-0.4, -0.2) is 19.8 Å². The van der Waals surface area contributed by atoms with Gasteiger partial charge < -0.3 is 5.73 Å². The summed E-state index contributed by atoms with van der Waals surface area (Å²) < 4.78 is 26.5. The van der Waals surface area contributed by atoms with Crippen LogP contribution in [0.3, 0.4) is 0 Å². The molecule has 5 heteroatoms. The highest BCUT2D eigenvalue weighted by molar-refractivity contribution is 7.89. The first-order valence-corrected chi connectivity index (χ1v) is 8.18. The minimum absolute atomic E-state index is 0.278. The van der Waals surface area contributed by atoms with Gasteiger partial charge in [0.05, 0.1) is 4.90 Å². The highest BCUT2D eigenvalue weighted by Gasteiger charge is 2.21. The molecule has 0 bridgehead atoms. The molecule has 0 unspecified atom stereocenters. The van der Waals surface area contributed by atoms with E-state index in [1.54, 1.807) is 25.2 Å². The van der Waals surface area contributed by atoms with E-state index in [2.05, 4.69) is 0 Å². The number of benzene rings is 2. The zero-order valence-corrected chi connectivity index (χ0v) is 13.1. The predicted octanol–water partition coefficient (Wildman–Crippen LogP) is 2.27. The maximum atomic E-state index is 12.6. The molecule has 0 aliphatic rings. The van der Waals surface area contributed by atoms with Gasteiger partial charge in [-0.05, 0) is 30.2 Å². The lowest BCUT2D eigenvalue weighted by atomic mass is 10.1. The van der Waals surface area contributed by atoms with Crippen molar-refractivity contribution in [3.05, 3.63) is 65.2 Å². The fourth-order valence-corrected chi connectivity index (χ4v) is 3.40. The lowest BCUT2D eigenvalue weighted by molar-refractivity contribution is 0.466. The molecule has 0 aliphatic carbocycles. The second-order valence-electron chi connectivity index (χ2n) is 5.10. The summed E-state index contributed by atoms with van der Waals surface area (Å²) in [7, 11) is -1.91. The molecule has 0 saturated heterocycles. The SMILES string of the molecule is Cc1cccc(CN(C)S(=O)(=O)c2cccc(CN)c2)c1. The van der Waals surface area contributed by atoms with Gasteiger partial charge in [-0.3, -0.25) is 0 Å². The van der Waals surface area contributed by atoms with E-state index < -0.39 is 10.0 Å². The van der Waals surface area contributed by atoms with Crippen LogP contribution >= 0.6 is 0 Å². The van der Waals surface area contributed by atoms with Crippen molar-refractivity contribution < 1.29 is 8.42 Å². The van der Waals surface area contributed by atoms with Gasteiger partial charge in [-0.1, -0.05) is 42.0 Å². The standard InChI is InChI=1S/C16H20N2O2S/c1-13-5-3-7-15(9-13)12-18(2)21(19,20)16-8-4-6-14(10-16)11-17/h3-10H,11-12,17H2,1-2H3. The molecule has 0 radical (unpaired) electrons. The van der Waals surface area contributed by atoms with Crippen LogP contribution in [0, 0.1) is 6.92 Å². The van der Waals surface area contributed by atoms with Gasteiger partial charge in [0.1, 0.15) is 0 Å². The van der Waals surface area contributed by atoms with Crippen LogP contribution in [0.4, 0.5) is 0 Å². The van der Waals surface area contributed by atoms with Crippen molar-refractivity contribution in [2.75, 3.05) is 7.05 Å². The van der Waals surface area contributed by atoms with Crippen molar-refractivity contribution in [2.45, 2.75) is 24.9 Å². The summed E-state index contributed by atoms with van der Waals surface area (Å²) >= 11 is 0. The molecule has 0 aliphatic heterocycles. The molecule has 0 amide bonds. The van der Waals surface area contributed by atoms with Crippen molar-refractivity contribution in [2.24, 2.45) is 5.73 Å². The molecule has 0 saturated carbocycles. The van der Waals surface area contributed by atoms with Crippen molar-refractivity contribution in [3.63, 3.8) is 0 Å². The Morgan fingerprint density at radius 1 is 1.05 bits per heavy atom. The van der Waals surface area contributed by atoms with E-state index in [4.69, 9.17) is 5.73 Å². The smallest absolute Gasteiger partial charge is 0.243 e. The van der Waals surface area contributed by atoms with Crippen LogP contribution in [-0.2, 0) is 23.1 Å². The van der Waals surface area contributed by atoms with E-state index in [1.165, 1.54) is 4.31 Å². The van der Waals surface area contributed by atoms with Crippen LogP contribution in [0.15, 0.2) is 53.4 Å². The topological polar surface area (TPSA) is 63.4 Å². The summed E-state index contributed by atoms with van der Waals surface area (Å²) in [5.41, 5.74) is 8.46. The van der Waals surface area contributed by atoms with Crippen molar-refractivity contribution in [3.8, 4) is 0 Å². The van der Waals surface area contributed by atoms with Gasteiger partial charge in [-0.2, -0.15) is 4.31 Å². The lowest BCUT2D eigenvalue weighted by Gasteiger charge is -2.18. The summed E-state index contributed by atoms with van der Waals surface area (Å²) in [4.78, 5) is 0.278. The number of nitrogens with two attached hydrogens (primary N) is 1. The molecular weight excluding hydrogens is 284 g/mol. The van der Waals surface area contributed by atoms with E-state index in [0.717, 1.165) is 16.7 Å². The van der Waals surface area contributed by atoms with Gasteiger partial charge in [-0.15, -0.1) is 0 Å². The average Bonchev–Trinajstić information content (AvgIpc) is 2.47. The quantitative estimate of drug-likeness (QED) is 0.921. The third-order valence-electron chi connectivity index (χ3n) is 3.33. The zero-order chi connectivity index (χ0) is 15.5. The Morgan fingerprint density at radius 2 is 1.71 bits per heavy atom. The molecule has 21 heavy (non-hydrogen) atoms. The number of nitrogens with zero attached hydrogens (tertiary/aromatic N) is 1. The first-order valence-electron chi connectivity index (χ1n) is 6.74. The molecule has 112 valence electrons. The zero-order valence-electron chi connectivity index (χ0n) is 12.3. The highest BCUT2D eigenvalue weighted by Crippen LogP contribution is 2.18. The van der Waals surface area contributed by atoms with Gasteiger partial charge >= 0.3 is 0 Å². The van der Waals surface area contributed by atoms with E-state index in [9.17, 15) is 8.42 Å². The monoisotopic (exact) mass is 304 g/mol. The Labute approximate surface area is 126 Å². The van der Waals surface area contributed by atoms with Crippen LogP contribution in [0.1, 0.15) is 16.7 Å². The molecule has 2 aromatic rings. The Balaban J connectivity index is 2.26. The van der Waals surface area contributed by atoms with E-state index in [0.29, 0.717) is 13.1 Å². The third kappa shape index (κ3) is 3.69. The molecule has 0 aromatic heterocycles. The minimum Gasteiger partial charge on any atom is -0.326 e. The number of hydrogen-bond acceptors (Lipinski definition) is 3. The maximum Gasteiger partial charge on any atom is 0.243 e. The molecule has 2 N–H and O–H groups in total. The average molecular weight is 304 g/mol. The van der Waals surface area contributed by atoms with E-state index in [1.807, 2.05) is 37.3 Å². The van der Waals surface area contributed by atoms with Crippen molar-refractivity contribution >= 4 is 10.0 Å². The highest BCUT2D eigenvalue weighted by atomic mass is 32.2. The van der Waals surface area contributed by atoms with E-state index in [-0.39, 0.29) is 4.90 Å². The van der Waals surface area contributed by atoms with Crippen LogP contribution in [0.25, 0.3) is 0 Å². The Bertz CT molecular complexity index is 727. The van der Waals surface area contributed by atoms with Crippen molar-refractivity contribution in [1.29, 1.82) is 0 Å². The molecule has 0 atom stereocenters. The fourth-order valence-electron chi connectivity index (χ4n) is 2.17. The summed E-state index contributed by atoms with van der Waals surface area (Å²) in [5, 5.41) is 0. The summed E-state index contributed by atoms with van der Waals surface area (Å²) in [6, 6.07) is 14.6. The lowest BCUT2D eigenvalue weighted by Crippen LogP contribution is -2.26. The second-order valence-corrected chi connectivity index (χ2v) is 7.15. The second kappa shape index (κ2) is 6.39. The van der Waals surface area contributed by atoms with Gasteiger partial charge in [0.15, 0.2) is 0 Å². The molecule has 0 fully saturated rings. The predicted molar refractivity (Wildman–Crippen MR) is 84.2 cm³/mol. The molecule has 0 heterocycles. The van der Waals surface area contributed by atoms with Gasteiger partial charge in [0, 0.05) is 20.1 Å². The van der Waals surface area contributed by atoms with Crippen LogP contribution < -0.4 is 5.73 Å². The number of sulfonamides is 1. The summed E-state index contributed by atoms with van der Waals surface area (Å²) in [5.74, 6) is 0. The van der Waals surface area contributed by atoms with E-state index >= 15 is 0 Å². The Hall–Kier alpha value is -1.69. The van der Waals surface area contributed by atoms with Gasteiger partial charge in [0.25, 0.3) is 0 Å². The molecule has 2 rings (SSSR count). The van der Waals surface area contributed by atoms with Crippen molar-refractivity contribution in [1.82, 2.24) is 4.31 Å². The van der Waals surface area contributed by atoms with Crippen LogP contribution in [0.2, 0.25) is 0 Å². The molecule has 2 aromatic carbocycles. The van der Waals surface area contributed by atoms with Gasteiger partial charge in [0.2, 0.25) is 10.0 Å². The third-order valence-corrected chi connectivity index (χ3v) is 5.13. The van der Waals surface area contributed by atoms with Gasteiger partial charge in [-0.25, -0.2) is 8.42 Å². The van der Waals surface area contributed by atoms with Crippen LogP contribution in [0.5, 0.6) is 0 Å². The Morgan fingerprint density at radius 3 is 2.38 bits per heavy atom. The molecule has 0 spiro atoms. The normalized spacial score (nSPS) is 11.8. The Kier molecular flexibility index (Phi) is 4.77. The first-order chi connectivity index (χ1) is 9.93.